The van der Waals surface area contributed by atoms with Crippen LogP contribution in [-0.4, -0.2) is 18.2 Å². The third-order valence-corrected chi connectivity index (χ3v) is 5.72. The van der Waals surface area contributed by atoms with Gasteiger partial charge in [-0.25, -0.2) is 9.18 Å². The molecule has 0 spiro atoms. The van der Waals surface area contributed by atoms with Crippen LogP contribution in [0.1, 0.15) is 28.2 Å². The highest BCUT2D eigenvalue weighted by Crippen LogP contribution is 2.30. The van der Waals surface area contributed by atoms with Gasteiger partial charge in [0.1, 0.15) is 6.10 Å². The second-order valence-electron chi connectivity index (χ2n) is 7.49. The van der Waals surface area contributed by atoms with E-state index in [9.17, 15) is 4.79 Å². The van der Waals surface area contributed by atoms with Crippen molar-refractivity contribution in [1.82, 2.24) is 0 Å². The predicted octanol–water partition coefficient (Wildman–Crippen LogP) is 5.72. The second-order valence-corrected chi connectivity index (χ2v) is 7.92. The standard InChI is InChI=1S/C25H22ClFO2/c26-21-12-10-18(11-13-21)23(14-17-6-2-1-3-7-17)24(27)25(28)29-22-15-19-8-4-5-9-20(19)16-22/h1-13,22-24H,14-16H2/t23-,24-/m0/s1. The lowest BCUT2D eigenvalue weighted by molar-refractivity contribution is -0.155. The van der Waals surface area contributed by atoms with Gasteiger partial charge in [-0.2, -0.15) is 0 Å². The number of carbonyl (C=O) groups is 1. The quantitative estimate of drug-likeness (QED) is 0.488. The van der Waals surface area contributed by atoms with Crippen molar-refractivity contribution >= 4 is 17.6 Å². The van der Waals surface area contributed by atoms with E-state index in [1.54, 1.807) is 24.3 Å². The van der Waals surface area contributed by atoms with Gasteiger partial charge in [-0.15, -0.1) is 0 Å². The summed E-state index contributed by atoms with van der Waals surface area (Å²) in [7, 11) is 0. The smallest absolute Gasteiger partial charge is 0.341 e. The molecule has 0 N–H and O–H groups in total. The molecule has 0 aliphatic heterocycles. The van der Waals surface area contributed by atoms with E-state index in [4.69, 9.17) is 16.3 Å². The summed E-state index contributed by atoms with van der Waals surface area (Å²) in [5.74, 6) is -1.43. The molecular formula is C25H22ClFO2. The Labute approximate surface area is 175 Å². The number of alkyl halides is 1. The SMILES string of the molecule is O=C(OC1Cc2ccccc2C1)[C@@H](F)[C@@H](Cc1ccccc1)c1ccc(Cl)cc1. The first-order valence-corrected chi connectivity index (χ1v) is 10.2. The Morgan fingerprint density at radius 2 is 1.52 bits per heavy atom. The van der Waals surface area contributed by atoms with Crippen LogP contribution in [0.5, 0.6) is 0 Å². The summed E-state index contributed by atoms with van der Waals surface area (Å²) in [6.45, 7) is 0. The van der Waals surface area contributed by atoms with Crippen molar-refractivity contribution in [2.45, 2.75) is 37.5 Å². The largest absolute Gasteiger partial charge is 0.460 e. The first-order valence-electron chi connectivity index (χ1n) is 9.81. The van der Waals surface area contributed by atoms with Gasteiger partial charge < -0.3 is 4.74 Å². The van der Waals surface area contributed by atoms with Crippen LogP contribution >= 0.6 is 11.6 Å². The lowest BCUT2D eigenvalue weighted by Gasteiger charge is -2.22. The third kappa shape index (κ3) is 4.68. The van der Waals surface area contributed by atoms with Crippen LogP contribution in [0.15, 0.2) is 78.9 Å². The van der Waals surface area contributed by atoms with E-state index in [0.717, 1.165) is 11.1 Å². The van der Waals surface area contributed by atoms with Crippen molar-refractivity contribution in [3.8, 4) is 0 Å². The fourth-order valence-electron chi connectivity index (χ4n) is 3.96. The molecule has 0 aromatic heterocycles. The molecule has 2 atom stereocenters. The first kappa shape index (κ1) is 19.7. The first-order chi connectivity index (χ1) is 14.1. The summed E-state index contributed by atoms with van der Waals surface area (Å²) in [4.78, 5) is 12.7. The molecule has 0 bridgehead atoms. The molecule has 0 heterocycles. The third-order valence-electron chi connectivity index (χ3n) is 5.47. The molecule has 2 nitrogen and oxygen atoms in total. The highest BCUT2D eigenvalue weighted by Gasteiger charge is 2.34. The number of halogens is 2. The molecule has 0 radical (unpaired) electrons. The zero-order valence-corrected chi connectivity index (χ0v) is 16.7. The van der Waals surface area contributed by atoms with Crippen LogP contribution in [0.2, 0.25) is 5.02 Å². The van der Waals surface area contributed by atoms with Gasteiger partial charge in [-0.3, -0.25) is 0 Å². The summed E-state index contributed by atoms with van der Waals surface area (Å²) in [6.07, 6.45) is -0.373. The Morgan fingerprint density at radius 3 is 2.14 bits per heavy atom. The number of carbonyl (C=O) groups excluding carboxylic acids is 1. The number of hydrogen-bond acceptors (Lipinski definition) is 2. The molecule has 1 aliphatic rings. The van der Waals surface area contributed by atoms with Gasteiger partial charge in [0.05, 0.1) is 0 Å². The Bertz CT molecular complexity index is 947. The lowest BCUT2D eigenvalue weighted by atomic mass is 9.88. The minimum Gasteiger partial charge on any atom is -0.460 e. The van der Waals surface area contributed by atoms with Crippen molar-refractivity contribution in [2.75, 3.05) is 0 Å². The van der Waals surface area contributed by atoms with Gasteiger partial charge in [-0.05, 0) is 40.8 Å². The molecule has 3 aromatic rings. The molecule has 3 aromatic carbocycles. The van der Waals surface area contributed by atoms with E-state index in [0.29, 0.717) is 24.3 Å². The maximum Gasteiger partial charge on any atom is 0.341 e. The fraction of sp³-hybridized carbons (Fsp3) is 0.240. The van der Waals surface area contributed by atoms with E-state index in [-0.39, 0.29) is 6.10 Å². The van der Waals surface area contributed by atoms with E-state index < -0.39 is 18.1 Å². The minimum atomic E-state index is -1.75. The molecule has 148 valence electrons. The molecule has 0 amide bonds. The number of rotatable bonds is 6. The average Bonchev–Trinajstić information content (AvgIpc) is 3.15. The molecule has 1 aliphatic carbocycles. The molecule has 29 heavy (non-hydrogen) atoms. The van der Waals surface area contributed by atoms with Gasteiger partial charge in [0.25, 0.3) is 0 Å². The van der Waals surface area contributed by atoms with Crippen LogP contribution in [0.3, 0.4) is 0 Å². The maximum absolute atomic E-state index is 15.4. The molecule has 0 saturated heterocycles. The Morgan fingerprint density at radius 1 is 0.931 bits per heavy atom. The van der Waals surface area contributed by atoms with Crippen LogP contribution in [0.25, 0.3) is 0 Å². The average molecular weight is 409 g/mol. The number of ether oxygens (including phenoxy) is 1. The van der Waals surface area contributed by atoms with Gasteiger partial charge in [0, 0.05) is 23.8 Å². The van der Waals surface area contributed by atoms with Crippen molar-refractivity contribution in [3.05, 3.63) is 106 Å². The van der Waals surface area contributed by atoms with Crippen LogP contribution < -0.4 is 0 Å². The molecular weight excluding hydrogens is 387 g/mol. The lowest BCUT2D eigenvalue weighted by Crippen LogP contribution is -2.31. The van der Waals surface area contributed by atoms with Crippen molar-refractivity contribution in [1.29, 1.82) is 0 Å². The summed E-state index contributed by atoms with van der Waals surface area (Å²) in [6, 6.07) is 24.6. The monoisotopic (exact) mass is 408 g/mol. The number of benzene rings is 3. The van der Waals surface area contributed by atoms with E-state index in [1.807, 2.05) is 54.6 Å². The molecule has 0 fully saturated rings. The van der Waals surface area contributed by atoms with Gasteiger partial charge in [-0.1, -0.05) is 78.3 Å². The van der Waals surface area contributed by atoms with Crippen LogP contribution in [0, 0.1) is 0 Å². The van der Waals surface area contributed by atoms with Gasteiger partial charge >= 0.3 is 5.97 Å². The van der Waals surface area contributed by atoms with Crippen molar-refractivity contribution < 1.29 is 13.9 Å². The van der Waals surface area contributed by atoms with Crippen molar-refractivity contribution in [2.24, 2.45) is 0 Å². The van der Waals surface area contributed by atoms with Crippen molar-refractivity contribution in [3.63, 3.8) is 0 Å². The minimum absolute atomic E-state index is 0.305. The topological polar surface area (TPSA) is 26.3 Å². The number of fused-ring (bicyclic) bond motifs is 1. The van der Waals surface area contributed by atoms with Gasteiger partial charge in [0.2, 0.25) is 6.17 Å². The van der Waals surface area contributed by atoms with Crippen LogP contribution in [-0.2, 0) is 28.8 Å². The molecule has 0 saturated carbocycles. The molecule has 0 unspecified atom stereocenters. The number of hydrogen-bond donors (Lipinski definition) is 0. The van der Waals surface area contributed by atoms with Gasteiger partial charge in [0.15, 0.2) is 0 Å². The predicted molar refractivity (Wildman–Crippen MR) is 113 cm³/mol. The van der Waals surface area contributed by atoms with E-state index >= 15 is 4.39 Å². The Hall–Kier alpha value is -2.65. The highest BCUT2D eigenvalue weighted by atomic mass is 35.5. The van der Waals surface area contributed by atoms with Crippen LogP contribution in [0.4, 0.5) is 4.39 Å². The summed E-state index contributed by atoms with van der Waals surface area (Å²) in [5.41, 5.74) is 4.03. The normalized spacial score (nSPS) is 15.5. The highest BCUT2D eigenvalue weighted by molar-refractivity contribution is 6.30. The summed E-state index contributed by atoms with van der Waals surface area (Å²) >= 11 is 5.99. The van der Waals surface area contributed by atoms with E-state index in [1.165, 1.54) is 11.1 Å². The zero-order valence-electron chi connectivity index (χ0n) is 15.9. The molecule has 4 rings (SSSR count). The summed E-state index contributed by atoms with van der Waals surface area (Å²) in [5, 5.41) is 0.578. The second kappa shape index (κ2) is 8.79. The van der Waals surface area contributed by atoms with E-state index in [2.05, 4.69) is 0 Å². The Balaban J connectivity index is 1.50. The fourth-order valence-corrected chi connectivity index (χ4v) is 4.09. The molecule has 4 heteroatoms. The maximum atomic E-state index is 15.4. The summed E-state index contributed by atoms with van der Waals surface area (Å²) < 4.78 is 21.0. The Kier molecular flexibility index (Phi) is 5.96. The zero-order chi connectivity index (χ0) is 20.2. The number of esters is 1.